The van der Waals surface area contributed by atoms with Crippen molar-refractivity contribution in [1.82, 2.24) is 9.97 Å². The van der Waals surface area contributed by atoms with Crippen molar-refractivity contribution in [2.45, 2.75) is 38.5 Å². The van der Waals surface area contributed by atoms with Crippen LogP contribution in [0.3, 0.4) is 0 Å². The minimum Gasteiger partial charge on any atom is -0.278 e. The van der Waals surface area contributed by atoms with Crippen LogP contribution in [0.2, 0.25) is 0 Å². The predicted octanol–water partition coefficient (Wildman–Crippen LogP) is 11.0. The summed E-state index contributed by atoms with van der Waals surface area (Å²) in [6, 6.07) is 33.1. The molecule has 3 aromatic carbocycles. The summed E-state index contributed by atoms with van der Waals surface area (Å²) in [4.78, 5) is 13.4. The Hall–Kier alpha value is -4.32. The average molecular weight is 592 g/mol. The van der Waals surface area contributed by atoms with Gasteiger partial charge >= 0.3 is 0 Å². The Labute approximate surface area is 259 Å². The molecule has 0 saturated carbocycles. The second kappa shape index (κ2) is 8.62. The Morgan fingerprint density at radius 2 is 0.977 bits per heavy atom. The maximum absolute atomic E-state index is 5.51. The fraction of sp³-hybridized carbons (Fsp3) is 0.158. The van der Waals surface area contributed by atoms with E-state index in [0.717, 1.165) is 23.0 Å². The zero-order valence-electron chi connectivity index (χ0n) is 24.5. The maximum Gasteiger partial charge on any atom is 0.143 e. The van der Waals surface area contributed by atoms with E-state index in [1.54, 1.807) is 22.7 Å². The summed E-state index contributed by atoms with van der Waals surface area (Å²) in [5.74, 6) is 1.96. The molecule has 0 atom stereocenters. The molecule has 3 nitrogen and oxygen atoms in total. The van der Waals surface area contributed by atoms with Gasteiger partial charge in [-0.2, -0.15) is 0 Å². The van der Waals surface area contributed by atoms with Crippen molar-refractivity contribution >= 4 is 60.2 Å². The number of benzene rings is 3. The molecule has 6 heterocycles. The fourth-order valence-corrected chi connectivity index (χ4v) is 9.17. The topological polar surface area (TPSA) is 29.0 Å². The van der Waals surface area contributed by atoms with Crippen molar-refractivity contribution in [3.05, 3.63) is 124 Å². The van der Waals surface area contributed by atoms with Crippen LogP contribution < -0.4 is 4.90 Å². The van der Waals surface area contributed by atoms with E-state index in [-0.39, 0.29) is 10.8 Å². The summed E-state index contributed by atoms with van der Waals surface area (Å²) < 4.78 is 2.56. The number of rotatable bonds is 2. The smallest absolute Gasteiger partial charge is 0.143 e. The third kappa shape index (κ3) is 3.35. The first kappa shape index (κ1) is 25.2. The van der Waals surface area contributed by atoms with Crippen molar-refractivity contribution in [2.75, 3.05) is 4.90 Å². The highest BCUT2D eigenvalue weighted by Crippen LogP contribution is 2.59. The first-order valence-electron chi connectivity index (χ1n) is 14.7. The summed E-state index contributed by atoms with van der Waals surface area (Å²) in [5, 5.41) is 7.00. The van der Waals surface area contributed by atoms with Gasteiger partial charge in [0.25, 0.3) is 0 Å². The summed E-state index contributed by atoms with van der Waals surface area (Å²) in [6.07, 6.45) is 0. The average Bonchev–Trinajstić information content (AvgIpc) is 3.65. The van der Waals surface area contributed by atoms with Gasteiger partial charge < -0.3 is 0 Å². The Morgan fingerprint density at radius 1 is 0.512 bits per heavy atom. The van der Waals surface area contributed by atoms with E-state index in [2.05, 4.69) is 134 Å². The van der Waals surface area contributed by atoms with Crippen LogP contribution in [0.5, 0.6) is 0 Å². The molecule has 0 amide bonds. The number of thiophene rings is 2. The van der Waals surface area contributed by atoms with Gasteiger partial charge in [0, 0.05) is 64.0 Å². The van der Waals surface area contributed by atoms with E-state index in [1.165, 1.54) is 59.2 Å². The van der Waals surface area contributed by atoms with Crippen LogP contribution in [0, 0.1) is 0 Å². The third-order valence-corrected chi connectivity index (χ3v) is 11.6. The monoisotopic (exact) mass is 591 g/mol. The quantitative estimate of drug-likeness (QED) is 0.200. The Morgan fingerprint density at radius 3 is 1.47 bits per heavy atom. The standard InChI is InChI=1S/C38H29N3S2/c1-37(2)26-12-9-13-27-34(26)41(35-28(37)16-18-30(39-35)24-20-42-32-14-7-5-10-22(24)32)36-29(38(27,3)4)17-19-31(40-36)25-21-43-33-15-8-6-11-23(25)33/h5-21H,1-4H3. The van der Waals surface area contributed by atoms with Gasteiger partial charge in [-0.15, -0.1) is 22.7 Å². The highest BCUT2D eigenvalue weighted by Gasteiger charge is 2.46. The number of para-hydroxylation sites is 1. The van der Waals surface area contributed by atoms with E-state index >= 15 is 0 Å². The van der Waals surface area contributed by atoms with Gasteiger partial charge in [-0.25, -0.2) is 9.97 Å². The molecule has 208 valence electrons. The molecule has 7 aromatic rings. The van der Waals surface area contributed by atoms with Gasteiger partial charge in [-0.3, -0.25) is 4.90 Å². The minimum atomic E-state index is -0.214. The number of pyridine rings is 2. The van der Waals surface area contributed by atoms with Gasteiger partial charge in [0.05, 0.1) is 17.1 Å². The molecule has 0 N–H and O–H groups in total. The molecule has 0 bridgehead atoms. The van der Waals surface area contributed by atoms with Crippen LogP contribution in [0.15, 0.2) is 102 Å². The molecule has 0 radical (unpaired) electrons. The predicted molar refractivity (Wildman–Crippen MR) is 183 cm³/mol. The lowest BCUT2D eigenvalue weighted by atomic mass is 9.67. The van der Waals surface area contributed by atoms with Gasteiger partial charge in [-0.1, -0.05) is 94.4 Å². The second-order valence-electron chi connectivity index (χ2n) is 12.7. The van der Waals surface area contributed by atoms with Crippen LogP contribution >= 0.6 is 22.7 Å². The van der Waals surface area contributed by atoms with E-state index < -0.39 is 0 Å². The number of aromatic nitrogens is 2. The molecule has 9 rings (SSSR count). The van der Waals surface area contributed by atoms with Crippen molar-refractivity contribution < 1.29 is 0 Å². The molecular formula is C38H29N3S2. The molecule has 5 heteroatoms. The lowest BCUT2D eigenvalue weighted by molar-refractivity contribution is 0.591. The van der Waals surface area contributed by atoms with E-state index in [1.807, 2.05) is 0 Å². The molecule has 0 fully saturated rings. The number of hydrogen-bond donors (Lipinski definition) is 0. The summed E-state index contributed by atoms with van der Waals surface area (Å²) in [5.41, 5.74) is 10.3. The second-order valence-corrected chi connectivity index (χ2v) is 14.5. The molecule has 2 aliphatic heterocycles. The highest BCUT2D eigenvalue weighted by atomic mass is 32.1. The van der Waals surface area contributed by atoms with Gasteiger partial charge in [0.2, 0.25) is 0 Å². The van der Waals surface area contributed by atoms with Crippen molar-refractivity contribution in [2.24, 2.45) is 0 Å². The zero-order chi connectivity index (χ0) is 29.1. The van der Waals surface area contributed by atoms with E-state index in [0.29, 0.717) is 0 Å². The molecule has 2 aliphatic rings. The fourth-order valence-electron chi connectivity index (χ4n) is 7.26. The molecule has 4 aromatic heterocycles. The van der Waals surface area contributed by atoms with Crippen LogP contribution in [0.1, 0.15) is 49.9 Å². The molecule has 0 unspecified atom stereocenters. The lowest BCUT2D eigenvalue weighted by Crippen LogP contribution is -2.39. The first-order valence-corrected chi connectivity index (χ1v) is 16.5. The number of hydrogen-bond acceptors (Lipinski definition) is 5. The molecular weight excluding hydrogens is 563 g/mol. The molecule has 0 saturated heterocycles. The number of anilines is 3. The van der Waals surface area contributed by atoms with Crippen LogP contribution in [-0.2, 0) is 10.8 Å². The summed E-state index contributed by atoms with van der Waals surface area (Å²) in [7, 11) is 0. The molecule has 43 heavy (non-hydrogen) atoms. The number of fused-ring (bicyclic) bond motifs is 6. The van der Waals surface area contributed by atoms with Crippen molar-refractivity contribution in [1.29, 1.82) is 0 Å². The highest BCUT2D eigenvalue weighted by molar-refractivity contribution is 7.18. The Bertz CT molecular complexity index is 2110. The van der Waals surface area contributed by atoms with Gasteiger partial charge in [-0.05, 0) is 35.4 Å². The largest absolute Gasteiger partial charge is 0.278 e. The first-order chi connectivity index (χ1) is 20.8. The van der Waals surface area contributed by atoms with Crippen LogP contribution in [-0.4, -0.2) is 9.97 Å². The van der Waals surface area contributed by atoms with E-state index in [4.69, 9.17) is 9.97 Å². The third-order valence-electron chi connectivity index (χ3n) is 9.64. The van der Waals surface area contributed by atoms with Crippen LogP contribution in [0.4, 0.5) is 17.3 Å². The van der Waals surface area contributed by atoms with E-state index in [9.17, 15) is 0 Å². The normalized spacial score (nSPS) is 15.8. The van der Waals surface area contributed by atoms with Gasteiger partial charge in [0.1, 0.15) is 11.6 Å². The number of nitrogens with zero attached hydrogens (tertiary/aromatic N) is 3. The Balaban J connectivity index is 1.34. The maximum atomic E-state index is 5.51. The molecule has 0 aliphatic carbocycles. The van der Waals surface area contributed by atoms with Crippen molar-refractivity contribution in [3.8, 4) is 22.5 Å². The van der Waals surface area contributed by atoms with Crippen molar-refractivity contribution in [3.63, 3.8) is 0 Å². The van der Waals surface area contributed by atoms with Crippen LogP contribution in [0.25, 0.3) is 42.7 Å². The molecule has 0 spiro atoms. The zero-order valence-corrected chi connectivity index (χ0v) is 26.1. The minimum absolute atomic E-state index is 0.214. The summed E-state index contributed by atoms with van der Waals surface area (Å²) in [6.45, 7) is 9.35. The summed E-state index contributed by atoms with van der Waals surface area (Å²) >= 11 is 3.56. The van der Waals surface area contributed by atoms with Gasteiger partial charge in [0.15, 0.2) is 0 Å². The Kier molecular flexibility index (Phi) is 5.05. The SMILES string of the molecule is CC1(C)c2ccc(-c3csc4ccccc34)nc2N2c3nc(-c4csc5ccccc45)ccc3C(C)(C)c3cccc1c32. The lowest BCUT2D eigenvalue weighted by Gasteiger charge is -2.48.